The van der Waals surface area contributed by atoms with E-state index in [0.29, 0.717) is 129 Å². The number of methoxy groups -OCH3 is 1. The zero-order valence-corrected chi connectivity index (χ0v) is 79.7. The molecule has 0 fully saturated rings. The van der Waals surface area contributed by atoms with Crippen molar-refractivity contribution in [1.29, 1.82) is 0 Å². The monoisotopic (exact) mass is 1810 g/mol. The molecule has 0 radical (unpaired) electrons. The van der Waals surface area contributed by atoms with Gasteiger partial charge in [0.05, 0.1) is 152 Å². The summed E-state index contributed by atoms with van der Waals surface area (Å²) in [5.74, 6) is 7.69. The van der Waals surface area contributed by atoms with Crippen LogP contribution in [0.25, 0.3) is 132 Å². The maximum Gasteiger partial charge on any atom is 0.152 e. The number of nitrogens with one attached hydrogen (secondary N) is 1. The Kier molecular flexibility index (Phi) is 29.2. The molecule has 0 spiro atoms. The van der Waals surface area contributed by atoms with E-state index in [2.05, 4.69) is 80.8 Å². The van der Waals surface area contributed by atoms with Crippen LogP contribution in [0.5, 0.6) is 0 Å². The van der Waals surface area contributed by atoms with Crippen molar-refractivity contribution in [1.82, 2.24) is 92.5 Å². The molecule has 0 saturated heterocycles. The number of anilines is 6. The first-order valence-electron chi connectivity index (χ1n) is 45.2. The minimum Gasteiger partial charge on any atom is -0.389 e. The van der Waals surface area contributed by atoms with E-state index in [-0.39, 0.29) is 0 Å². The number of nitrogens with two attached hydrogens (primary N) is 6. The highest BCUT2D eigenvalue weighted by atomic mass is 16.5. The van der Waals surface area contributed by atoms with Crippen molar-refractivity contribution in [2.45, 2.75) is 236 Å². The number of nitrogens with zero attached hydrogens (tertiary/aromatic N) is 18. The third kappa shape index (κ3) is 22.5. The second-order valence-corrected chi connectivity index (χ2v) is 37.6. The number of benzene rings is 6. The number of rotatable bonds is 25. The van der Waals surface area contributed by atoms with Crippen LogP contribution in [-0.2, 0) is 81.2 Å². The second-order valence-electron chi connectivity index (χ2n) is 37.6. The van der Waals surface area contributed by atoms with Gasteiger partial charge in [-0.1, -0.05) is 136 Å². The molecule has 0 unspecified atom stereocenters. The summed E-state index contributed by atoms with van der Waals surface area (Å²) in [7, 11) is 1.66. The molecule has 0 bridgehead atoms. The predicted molar refractivity (Wildman–Crippen MR) is 535 cm³/mol. The molecule has 12 heterocycles. The lowest BCUT2D eigenvalue weighted by molar-refractivity contribution is 0.0579. The van der Waals surface area contributed by atoms with Crippen LogP contribution in [0.15, 0.2) is 146 Å². The fourth-order valence-electron chi connectivity index (χ4n) is 16.7. The average Bonchev–Trinajstić information content (AvgIpc) is 1.66. The Hall–Kier alpha value is -13.0. The summed E-state index contributed by atoms with van der Waals surface area (Å²) in [5, 5.41) is 70.9. The SMILES string of the molecule is CCCCc1nc2c(N)nc3ccccc3c2n1CC(C)(C)O.CCNCc1nc2c(N)nc3ccccc3c2n1CC(C)(C)O.CCOCc1nc2c(N)nc3ccccc3c2n1CC(C)(C)O.CCc1nc2c(N)nc3ccccc3c2n1CC(C)(C)O.COCCc1nc2c(N)nc3ccccc3c2n1CC(C)(C)O.Cc1nc2c(N)nc3ccccc3c2n1CC(C)(C)O. The van der Waals surface area contributed by atoms with Crippen molar-refractivity contribution in [2.75, 3.05) is 61.3 Å². The molecule has 18 aromatic rings. The first-order valence-corrected chi connectivity index (χ1v) is 45.2. The Morgan fingerprint density at radius 2 is 0.564 bits per heavy atom. The molecule has 702 valence electrons. The van der Waals surface area contributed by atoms with E-state index in [1.165, 1.54) is 0 Å². The summed E-state index contributed by atoms with van der Waals surface area (Å²) in [6, 6.07) is 47.2. The van der Waals surface area contributed by atoms with Crippen LogP contribution in [0.1, 0.15) is 159 Å². The summed E-state index contributed by atoms with van der Waals surface area (Å²) >= 11 is 0. The summed E-state index contributed by atoms with van der Waals surface area (Å²) in [5.41, 5.74) is 46.3. The zero-order chi connectivity index (χ0) is 96.1. The molecule has 12 aromatic heterocycles. The number of imidazole rings is 6. The molecule has 33 nitrogen and oxygen atoms in total. The van der Waals surface area contributed by atoms with Gasteiger partial charge in [0.15, 0.2) is 34.9 Å². The highest BCUT2D eigenvalue weighted by molar-refractivity contribution is 6.11. The molecule has 0 aliphatic rings. The lowest BCUT2D eigenvalue weighted by atomic mass is 10.1. The molecule has 0 aliphatic heterocycles. The molecule has 19 N–H and O–H groups in total. The van der Waals surface area contributed by atoms with Crippen LogP contribution in [0.2, 0.25) is 0 Å². The van der Waals surface area contributed by atoms with Gasteiger partial charge in [-0.2, -0.15) is 0 Å². The Labute approximate surface area is 772 Å². The number of unbranched alkanes of at least 4 members (excludes halogenated alkanes) is 1. The van der Waals surface area contributed by atoms with Gasteiger partial charge in [-0.15, -0.1) is 0 Å². The number of pyridine rings is 6. The standard InChI is InChI=1S/C18H24N4O.C17H23N5O.2C17H22N4O2.C16H20N4O.C15H18N4O/c1-4-5-10-14-21-15-16(22(14)11-18(2,3)23)12-8-6-7-9-13(12)20-17(15)19;1-4-19-9-13-21-14-15(22(13)10-17(2,3)23)11-7-5-6-8-12(11)20-16(14)18;1-17(2,22)10-21-13(8-9-23-3)20-14-15(21)11-6-4-5-7-12(11)19-16(14)18;1-4-23-9-13-20-14-15(21(13)10-17(2,3)22)11-7-5-6-8-12(11)19-16(14)18;1-4-12-19-13-14(20(12)9-16(2,3)21)10-7-5-6-8-11(10)18-15(13)17;1-9-17-12-13(19(9)8-15(2,3)20)10-6-4-5-7-11(10)18-14(12)16/h6-9,23H,4-5,10-11H2,1-3H3,(H2,19,20);5-8,19,23H,4,9-10H2,1-3H3,(H2,18,20);4-7,22H,8-10H2,1-3H3,(H2,18,19);5-8,22H,4,9-10H2,1-3H3,(H2,18,19);5-8,21H,4,9H2,1-3H3,(H2,17,18);4-7,20H,8H2,1-3H3,(H2,16,18). The van der Waals surface area contributed by atoms with E-state index in [4.69, 9.17) is 48.9 Å². The average molecular weight is 1810 g/mol. The van der Waals surface area contributed by atoms with Crippen LogP contribution in [0.4, 0.5) is 34.9 Å². The molecule has 0 amide bonds. The van der Waals surface area contributed by atoms with Gasteiger partial charge in [0.25, 0.3) is 0 Å². The summed E-state index contributed by atoms with van der Waals surface area (Å²) in [4.78, 5) is 54.5. The van der Waals surface area contributed by atoms with E-state index in [1.807, 2.05) is 201 Å². The summed E-state index contributed by atoms with van der Waals surface area (Å²) in [6.07, 6.45) is 4.45. The number of ether oxygens (including phenoxy) is 2. The third-order valence-corrected chi connectivity index (χ3v) is 22.1. The Morgan fingerprint density at radius 1 is 0.316 bits per heavy atom. The zero-order valence-electron chi connectivity index (χ0n) is 79.7. The van der Waals surface area contributed by atoms with Crippen LogP contribution in [-0.4, -0.2) is 178 Å². The molecule has 133 heavy (non-hydrogen) atoms. The van der Waals surface area contributed by atoms with Crippen molar-refractivity contribution < 1.29 is 40.1 Å². The van der Waals surface area contributed by atoms with Gasteiger partial charge >= 0.3 is 0 Å². The smallest absolute Gasteiger partial charge is 0.152 e. The number of para-hydroxylation sites is 6. The fourth-order valence-corrected chi connectivity index (χ4v) is 16.7. The molecule has 0 atom stereocenters. The van der Waals surface area contributed by atoms with Gasteiger partial charge in [-0.3, -0.25) is 0 Å². The van der Waals surface area contributed by atoms with Gasteiger partial charge in [0.2, 0.25) is 0 Å². The molecule has 0 aliphatic carbocycles. The number of hydrogen-bond acceptors (Lipinski definition) is 27. The largest absolute Gasteiger partial charge is 0.389 e. The summed E-state index contributed by atoms with van der Waals surface area (Å²) in [6.45, 7) is 37.3. The normalized spacial score (nSPS) is 12.4. The van der Waals surface area contributed by atoms with E-state index in [1.54, 1.807) is 76.3 Å². The highest BCUT2D eigenvalue weighted by Crippen LogP contribution is 2.38. The second kappa shape index (κ2) is 39.8. The maximum absolute atomic E-state index is 10.3. The van der Waals surface area contributed by atoms with Crippen molar-refractivity contribution >= 4 is 167 Å². The number of aryl methyl sites for hydroxylation is 3. The Morgan fingerprint density at radius 3 is 0.850 bits per heavy atom. The van der Waals surface area contributed by atoms with Crippen molar-refractivity contribution in [3.05, 3.63) is 181 Å². The third-order valence-electron chi connectivity index (χ3n) is 22.1. The quantitative estimate of drug-likeness (QED) is 0.0253. The van der Waals surface area contributed by atoms with Crippen LogP contribution < -0.4 is 39.7 Å². The van der Waals surface area contributed by atoms with Gasteiger partial charge < -0.3 is 107 Å². The first kappa shape index (κ1) is 97.6. The van der Waals surface area contributed by atoms with Crippen molar-refractivity contribution in [3.8, 4) is 0 Å². The molecule has 0 saturated carbocycles. The Balaban J connectivity index is 0.000000136. The predicted octanol–water partition coefficient (Wildman–Crippen LogP) is 14.7. The molecule has 33 heteroatoms. The topological polar surface area (TPSA) is 492 Å². The Bertz CT molecular complexity index is 6630. The summed E-state index contributed by atoms with van der Waals surface area (Å²) < 4.78 is 23.0. The maximum atomic E-state index is 10.3. The van der Waals surface area contributed by atoms with Gasteiger partial charge in [-0.25, -0.2) is 59.8 Å². The van der Waals surface area contributed by atoms with E-state index >= 15 is 0 Å². The number of aromatic nitrogens is 18. The highest BCUT2D eigenvalue weighted by Gasteiger charge is 2.30. The van der Waals surface area contributed by atoms with Crippen LogP contribution in [0, 0.1) is 6.92 Å². The molecule has 6 aromatic carbocycles. The van der Waals surface area contributed by atoms with Crippen molar-refractivity contribution in [3.63, 3.8) is 0 Å². The van der Waals surface area contributed by atoms with Crippen molar-refractivity contribution in [2.24, 2.45) is 0 Å². The number of aliphatic hydroxyl groups is 6. The van der Waals surface area contributed by atoms with Gasteiger partial charge in [-0.05, 0) is 146 Å². The molecular weight excluding hydrogens is 1680 g/mol. The van der Waals surface area contributed by atoms with E-state index in [9.17, 15) is 30.6 Å². The van der Waals surface area contributed by atoms with E-state index < -0.39 is 33.6 Å². The minimum atomic E-state index is -0.881. The first-order chi connectivity index (χ1) is 62.9. The minimum absolute atomic E-state index is 0.370. The number of hydrogen-bond donors (Lipinski definition) is 13. The van der Waals surface area contributed by atoms with Gasteiger partial charge in [0, 0.05) is 65.3 Å². The molecular formula is C100H129N25O8. The fraction of sp³-hybridized carbons (Fsp3) is 0.400. The lowest BCUT2D eigenvalue weighted by Crippen LogP contribution is -2.28. The van der Waals surface area contributed by atoms with Crippen LogP contribution >= 0.6 is 0 Å². The number of nitrogen functional groups attached to an aromatic ring is 6. The van der Waals surface area contributed by atoms with Gasteiger partial charge in [0.1, 0.15) is 74.7 Å². The van der Waals surface area contributed by atoms with Crippen LogP contribution in [0.3, 0.4) is 0 Å². The molecule has 18 rings (SSSR count). The van der Waals surface area contributed by atoms with E-state index in [0.717, 1.165) is 177 Å². The number of fused-ring (bicyclic) bond motifs is 18. The lowest BCUT2D eigenvalue weighted by Gasteiger charge is -2.20.